The van der Waals surface area contributed by atoms with E-state index in [9.17, 15) is 0 Å². The first kappa shape index (κ1) is 16.0. The second kappa shape index (κ2) is 7.61. The third kappa shape index (κ3) is 4.60. The molecule has 1 N–H and O–H groups in total. The predicted molar refractivity (Wildman–Crippen MR) is 90.9 cm³/mol. The molecule has 20 heavy (non-hydrogen) atoms. The smallest absolute Gasteiger partial charge is 0.0294 e. The van der Waals surface area contributed by atoms with Crippen LogP contribution >= 0.6 is 15.9 Å². The van der Waals surface area contributed by atoms with E-state index in [-0.39, 0.29) is 0 Å². The SMILES string of the molecule is CC(C)C1CCCC(N[C@@H](C)c2ccc(Br)cc2)CC1. The van der Waals surface area contributed by atoms with Crippen LogP contribution < -0.4 is 5.32 Å². The molecule has 0 saturated heterocycles. The van der Waals surface area contributed by atoms with Gasteiger partial charge in [-0.25, -0.2) is 0 Å². The van der Waals surface area contributed by atoms with Gasteiger partial charge in [0.05, 0.1) is 0 Å². The van der Waals surface area contributed by atoms with Crippen molar-refractivity contribution in [3.05, 3.63) is 34.3 Å². The summed E-state index contributed by atoms with van der Waals surface area (Å²) in [5, 5.41) is 3.84. The second-order valence-electron chi connectivity index (χ2n) is 6.65. The number of halogens is 1. The quantitative estimate of drug-likeness (QED) is 0.694. The minimum Gasteiger partial charge on any atom is -0.307 e. The van der Waals surface area contributed by atoms with Gasteiger partial charge in [0.15, 0.2) is 0 Å². The Morgan fingerprint density at radius 3 is 2.35 bits per heavy atom. The van der Waals surface area contributed by atoms with Crippen molar-refractivity contribution in [2.75, 3.05) is 0 Å². The Bertz CT molecular complexity index is 398. The van der Waals surface area contributed by atoms with Crippen LogP contribution in [0.1, 0.15) is 64.5 Å². The van der Waals surface area contributed by atoms with E-state index in [1.807, 2.05) is 0 Å². The van der Waals surface area contributed by atoms with Crippen molar-refractivity contribution in [2.45, 2.75) is 65.0 Å². The van der Waals surface area contributed by atoms with Gasteiger partial charge in [-0.2, -0.15) is 0 Å². The van der Waals surface area contributed by atoms with Gasteiger partial charge in [0, 0.05) is 16.6 Å². The third-order valence-corrected chi connectivity index (χ3v) is 5.34. The summed E-state index contributed by atoms with van der Waals surface area (Å²) in [7, 11) is 0. The number of rotatable bonds is 4. The molecule has 1 nitrogen and oxygen atoms in total. The molecular weight excluding hydrogens is 310 g/mol. The van der Waals surface area contributed by atoms with E-state index < -0.39 is 0 Å². The van der Waals surface area contributed by atoms with E-state index in [0.29, 0.717) is 12.1 Å². The summed E-state index contributed by atoms with van der Waals surface area (Å²) in [6, 6.07) is 9.84. The highest BCUT2D eigenvalue weighted by Crippen LogP contribution is 2.29. The topological polar surface area (TPSA) is 12.0 Å². The maximum atomic E-state index is 3.84. The molecule has 0 radical (unpaired) electrons. The highest BCUT2D eigenvalue weighted by molar-refractivity contribution is 9.10. The fourth-order valence-corrected chi connectivity index (χ4v) is 3.63. The van der Waals surface area contributed by atoms with E-state index in [1.54, 1.807) is 0 Å². The number of nitrogens with one attached hydrogen (secondary N) is 1. The molecule has 1 aliphatic rings. The largest absolute Gasteiger partial charge is 0.307 e. The molecular formula is C18H28BrN. The van der Waals surface area contributed by atoms with Crippen molar-refractivity contribution >= 4 is 15.9 Å². The molecule has 0 spiro atoms. The minimum absolute atomic E-state index is 0.448. The zero-order valence-electron chi connectivity index (χ0n) is 13.0. The molecule has 1 aliphatic carbocycles. The Kier molecular flexibility index (Phi) is 6.10. The van der Waals surface area contributed by atoms with Crippen molar-refractivity contribution < 1.29 is 0 Å². The Morgan fingerprint density at radius 2 is 1.70 bits per heavy atom. The van der Waals surface area contributed by atoms with E-state index in [2.05, 4.69) is 66.3 Å². The first-order valence-electron chi connectivity index (χ1n) is 8.07. The average Bonchev–Trinajstić information content (AvgIpc) is 2.65. The minimum atomic E-state index is 0.448. The molecule has 0 aliphatic heterocycles. The van der Waals surface area contributed by atoms with Crippen molar-refractivity contribution in [2.24, 2.45) is 11.8 Å². The van der Waals surface area contributed by atoms with E-state index in [0.717, 1.165) is 16.3 Å². The van der Waals surface area contributed by atoms with Crippen LogP contribution in [0.3, 0.4) is 0 Å². The van der Waals surface area contributed by atoms with Crippen LogP contribution in [0, 0.1) is 11.8 Å². The molecule has 3 atom stereocenters. The van der Waals surface area contributed by atoms with E-state index in [1.165, 1.54) is 37.7 Å². The Morgan fingerprint density at radius 1 is 1.00 bits per heavy atom. The summed E-state index contributed by atoms with van der Waals surface area (Å²) in [6.45, 7) is 7.04. The molecule has 1 aromatic carbocycles. The lowest BCUT2D eigenvalue weighted by molar-refractivity contribution is 0.335. The second-order valence-corrected chi connectivity index (χ2v) is 7.56. The standard InChI is InChI=1S/C18H28BrN/c1-13(2)15-5-4-6-18(12-9-15)20-14(3)16-7-10-17(19)11-8-16/h7-8,10-11,13-15,18,20H,4-6,9,12H2,1-3H3/t14-,15?,18?/m0/s1. The summed E-state index contributed by atoms with van der Waals surface area (Å²) in [5.41, 5.74) is 1.39. The fourth-order valence-electron chi connectivity index (χ4n) is 3.36. The monoisotopic (exact) mass is 337 g/mol. The number of hydrogen-bond acceptors (Lipinski definition) is 1. The molecule has 0 bridgehead atoms. The molecule has 2 unspecified atom stereocenters. The molecule has 0 aromatic heterocycles. The normalized spacial score (nSPS) is 25.4. The molecule has 1 saturated carbocycles. The lowest BCUT2D eigenvalue weighted by atomic mass is 9.89. The first-order valence-corrected chi connectivity index (χ1v) is 8.87. The Hall–Kier alpha value is -0.340. The lowest BCUT2D eigenvalue weighted by Crippen LogP contribution is -2.31. The van der Waals surface area contributed by atoms with Crippen LogP contribution in [0.5, 0.6) is 0 Å². The number of hydrogen-bond donors (Lipinski definition) is 1. The van der Waals surface area contributed by atoms with Gasteiger partial charge in [-0.3, -0.25) is 0 Å². The Labute approximate surface area is 132 Å². The molecule has 112 valence electrons. The maximum absolute atomic E-state index is 3.84. The first-order chi connectivity index (χ1) is 9.56. The van der Waals surface area contributed by atoms with Gasteiger partial charge in [-0.15, -0.1) is 0 Å². The van der Waals surface area contributed by atoms with Gasteiger partial charge in [-0.05, 0) is 55.7 Å². The molecule has 0 amide bonds. The maximum Gasteiger partial charge on any atom is 0.0294 e. The Balaban J connectivity index is 1.88. The van der Waals surface area contributed by atoms with Gasteiger partial charge in [-0.1, -0.05) is 54.8 Å². The van der Waals surface area contributed by atoms with Crippen LogP contribution in [0.25, 0.3) is 0 Å². The summed E-state index contributed by atoms with van der Waals surface area (Å²) < 4.78 is 1.16. The molecule has 2 rings (SSSR count). The van der Waals surface area contributed by atoms with Crippen LogP contribution in [-0.2, 0) is 0 Å². The van der Waals surface area contributed by atoms with Crippen LogP contribution in [0.2, 0.25) is 0 Å². The van der Waals surface area contributed by atoms with Crippen LogP contribution in [-0.4, -0.2) is 6.04 Å². The van der Waals surface area contributed by atoms with Gasteiger partial charge in [0.25, 0.3) is 0 Å². The van der Waals surface area contributed by atoms with E-state index >= 15 is 0 Å². The van der Waals surface area contributed by atoms with Crippen molar-refractivity contribution in [1.82, 2.24) is 5.32 Å². The summed E-state index contributed by atoms with van der Waals surface area (Å²) in [4.78, 5) is 0. The molecule has 2 heteroatoms. The summed E-state index contributed by atoms with van der Waals surface area (Å²) >= 11 is 3.50. The average molecular weight is 338 g/mol. The van der Waals surface area contributed by atoms with Crippen LogP contribution in [0.4, 0.5) is 0 Å². The molecule has 1 fully saturated rings. The number of benzene rings is 1. The predicted octanol–water partition coefficient (Wildman–Crippen LogP) is 5.70. The summed E-state index contributed by atoms with van der Waals surface area (Å²) in [5.74, 6) is 1.78. The zero-order chi connectivity index (χ0) is 14.5. The highest BCUT2D eigenvalue weighted by atomic mass is 79.9. The van der Waals surface area contributed by atoms with Crippen LogP contribution in [0.15, 0.2) is 28.7 Å². The van der Waals surface area contributed by atoms with Crippen molar-refractivity contribution in [3.8, 4) is 0 Å². The zero-order valence-corrected chi connectivity index (χ0v) is 14.6. The van der Waals surface area contributed by atoms with Gasteiger partial charge in [0.1, 0.15) is 0 Å². The van der Waals surface area contributed by atoms with Gasteiger partial charge < -0.3 is 5.32 Å². The summed E-state index contributed by atoms with van der Waals surface area (Å²) in [6.07, 6.45) is 6.87. The highest BCUT2D eigenvalue weighted by Gasteiger charge is 2.22. The fraction of sp³-hybridized carbons (Fsp3) is 0.667. The van der Waals surface area contributed by atoms with Crippen molar-refractivity contribution in [3.63, 3.8) is 0 Å². The third-order valence-electron chi connectivity index (χ3n) is 4.81. The molecule has 0 heterocycles. The van der Waals surface area contributed by atoms with Gasteiger partial charge >= 0.3 is 0 Å². The van der Waals surface area contributed by atoms with Crippen molar-refractivity contribution in [1.29, 1.82) is 0 Å². The van der Waals surface area contributed by atoms with E-state index in [4.69, 9.17) is 0 Å². The molecule has 1 aromatic rings. The van der Waals surface area contributed by atoms with Gasteiger partial charge in [0.2, 0.25) is 0 Å². The lowest BCUT2D eigenvalue weighted by Gasteiger charge is -2.23.